The maximum atomic E-state index is 14.6. The SMILES string of the molecule is CCOC(=O)Cc1ccc(N2CC[C@H](N(C(=O)OC(OC(=O)[C@@H](NC(=O)COCCOCCNC(=O)OCC3c4ccccc4-c4ccccc43)C(C)C)C(C)C)[C@H](C)c3cccc4ccccc34)C2)cc1. The molecule has 3 amide bonds. The lowest BCUT2D eigenvalue weighted by atomic mass is 9.97. The smallest absolute Gasteiger partial charge is 0.413 e. The number of nitrogens with one attached hydrogen (secondary N) is 2. The van der Waals surface area contributed by atoms with Crippen LogP contribution in [0.5, 0.6) is 0 Å². The third-order valence-electron chi connectivity index (χ3n) is 13.1. The maximum Gasteiger partial charge on any atom is 0.413 e. The summed E-state index contributed by atoms with van der Waals surface area (Å²) in [6.07, 6.45) is -1.60. The number of fused-ring (bicyclic) bond motifs is 4. The molecule has 0 aromatic heterocycles. The van der Waals surface area contributed by atoms with Gasteiger partial charge in [-0.3, -0.25) is 14.5 Å². The molecule has 4 atom stereocenters. The van der Waals surface area contributed by atoms with Gasteiger partial charge >= 0.3 is 24.1 Å². The van der Waals surface area contributed by atoms with Crippen LogP contribution < -0.4 is 15.5 Å². The molecule has 1 saturated heterocycles. The predicted octanol–water partition coefficient (Wildman–Crippen LogP) is 8.96. The molecule has 2 N–H and O–H groups in total. The lowest BCUT2D eigenvalue weighted by molar-refractivity contribution is -0.181. The Morgan fingerprint density at radius 3 is 2.08 bits per heavy atom. The minimum absolute atomic E-state index is 0.0377. The molecule has 15 heteroatoms. The summed E-state index contributed by atoms with van der Waals surface area (Å²) in [7, 11) is 0. The Labute approximate surface area is 422 Å². The molecule has 15 nitrogen and oxygen atoms in total. The first kappa shape index (κ1) is 52.8. The average molecular weight is 985 g/mol. The molecule has 0 spiro atoms. The van der Waals surface area contributed by atoms with E-state index in [-0.39, 0.29) is 69.8 Å². The van der Waals surface area contributed by atoms with E-state index >= 15 is 0 Å². The Hall–Kier alpha value is -6.97. The minimum atomic E-state index is -1.26. The highest BCUT2D eigenvalue weighted by Gasteiger charge is 2.39. The van der Waals surface area contributed by atoms with Gasteiger partial charge in [0.25, 0.3) is 6.29 Å². The zero-order valence-electron chi connectivity index (χ0n) is 42.2. The summed E-state index contributed by atoms with van der Waals surface area (Å²) < 4.78 is 33.9. The Kier molecular flexibility index (Phi) is 18.7. The topological polar surface area (TPSA) is 171 Å². The van der Waals surface area contributed by atoms with Crippen molar-refractivity contribution in [1.29, 1.82) is 0 Å². The zero-order chi connectivity index (χ0) is 51.1. The molecule has 1 aliphatic heterocycles. The molecule has 7 rings (SSSR count). The Morgan fingerprint density at radius 1 is 0.722 bits per heavy atom. The third kappa shape index (κ3) is 13.5. The van der Waals surface area contributed by atoms with Gasteiger partial charge in [-0.25, -0.2) is 14.4 Å². The van der Waals surface area contributed by atoms with E-state index in [9.17, 15) is 24.0 Å². The Balaban J connectivity index is 0.880. The second-order valence-electron chi connectivity index (χ2n) is 18.8. The van der Waals surface area contributed by atoms with Crippen molar-refractivity contribution in [3.05, 3.63) is 138 Å². The largest absolute Gasteiger partial charge is 0.466 e. The highest BCUT2D eigenvalue weighted by Crippen LogP contribution is 2.44. The van der Waals surface area contributed by atoms with Crippen LogP contribution in [0, 0.1) is 11.8 Å². The van der Waals surface area contributed by atoms with Crippen LogP contribution in [0.3, 0.4) is 0 Å². The number of ether oxygens (including phenoxy) is 6. The van der Waals surface area contributed by atoms with E-state index in [2.05, 4.69) is 39.8 Å². The van der Waals surface area contributed by atoms with Crippen molar-refractivity contribution in [3.8, 4) is 11.1 Å². The molecule has 1 fully saturated rings. The molecule has 382 valence electrons. The van der Waals surface area contributed by atoms with Crippen molar-refractivity contribution < 1.29 is 52.4 Å². The van der Waals surface area contributed by atoms with Crippen LogP contribution in [0.2, 0.25) is 0 Å². The van der Waals surface area contributed by atoms with E-state index in [1.807, 2.05) is 97.9 Å². The highest BCUT2D eigenvalue weighted by atomic mass is 16.7. The monoisotopic (exact) mass is 984 g/mol. The summed E-state index contributed by atoms with van der Waals surface area (Å²) in [6, 6.07) is 36.4. The van der Waals surface area contributed by atoms with Crippen LogP contribution in [-0.4, -0.2) is 113 Å². The number of amides is 3. The number of hydrogen-bond donors (Lipinski definition) is 2. The first-order valence-corrected chi connectivity index (χ1v) is 25.0. The van der Waals surface area contributed by atoms with Crippen LogP contribution in [0.4, 0.5) is 15.3 Å². The summed E-state index contributed by atoms with van der Waals surface area (Å²) in [5, 5.41) is 7.49. The van der Waals surface area contributed by atoms with Gasteiger partial charge in [-0.15, -0.1) is 0 Å². The summed E-state index contributed by atoms with van der Waals surface area (Å²) in [5.41, 5.74) is 7.34. The van der Waals surface area contributed by atoms with Crippen LogP contribution in [-0.2, 0) is 49.2 Å². The van der Waals surface area contributed by atoms with Crippen molar-refractivity contribution in [3.63, 3.8) is 0 Å². The quantitative estimate of drug-likeness (QED) is 0.0276. The molecule has 0 radical (unpaired) electrons. The second-order valence-corrected chi connectivity index (χ2v) is 18.8. The molecule has 5 aromatic rings. The van der Waals surface area contributed by atoms with Gasteiger partial charge in [0.15, 0.2) is 0 Å². The van der Waals surface area contributed by atoms with Gasteiger partial charge in [-0.2, -0.15) is 0 Å². The Morgan fingerprint density at radius 2 is 1.39 bits per heavy atom. The van der Waals surface area contributed by atoms with Crippen molar-refractivity contribution >= 4 is 46.5 Å². The summed E-state index contributed by atoms with van der Waals surface area (Å²) in [4.78, 5) is 70.1. The van der Waals surface area contributed by atoms with E-state index in [0.717, 1.165) is 49.8 Å². The molecular formula is C57H68N4O11. The van der Waals surface area contributed by atoms with Crippen LogP contribution in [0.15, 0.2) is 115 Å². The summed E-state index contributed by atoms with van der Waals surface area (Å²) >= 11 is 0. The van der Waals surface area contributed by atoms with Crippen LogP contribution in [0.25, 0.3) is 21.9 Å². The second kappa shape index (κ2) is 25.4. The molecule has 1 unspecified atom stereocenters. The van der Waals surface area contributed by atoms with Crippen LogP contribution >= 0.6 is 0 Å². The minimum Gasteiger partial charge on any atom is -0.466 e. The number of benzene rings is 5. The molecule has 0 bridgehead atoms. The van der Waals surface area contributed by atoms with Gasteiger partial charge in [0.2, 0.25) is 5.91 Å². The number of carbonyl (C=O) groups is 5. The van der Waals surface area contributed by atoms with Crippen molar-refractivity contribution in [1.82, 2.24) is 15.5 Å². The number of anilines is 1. The van der Waals surface area contributed by atoms with E-state index in [1.54, 1.807) is 39.5 Å². The fourth-order valence-electron chi connectivity index (χ4n) is 9.41. The van der Waals surface area contributed by atoms with Crippen molar-refractivity contribution in [2.24, 2.45) is 11.8 Å². The first-order valence-electron chi connectivity index (χ1n) is 25.0. The van der Waals surface area contributed by atoms with E-state index in [4.69, 9.17) is 28.4 Å². The molecule has 5 aromatic carbocycles. The van der Waals surface area contributed by atoms with Crippen LogP contribution in [0.1, 0.15) is 82.2 Å². The molecule has 0 saturated carbocycles. The fourth-order valence-corrected chi connectivity index (χ4v) is 9.41. The normalized spacial score (nSPS) is 15.3. The lowest BCUT2D eigenvalue weighted by Gasteiger charge is -2.36. The molecule has 72 heavy (non-hydrogen) atoms. The number of hydrogen-bond acceptors (Lipinski definition) is 12. The zero-order valence-corrected chi connectivity index (χ0v) is 42.2. The van der Waals surface area contributed by atoms with Crippen molar-refractivity contribution in [2.45, 2.75) is 84.7 Å². The van der Waals surface area contributed by atoms with Gasteiger partial charge in [0.1, 0.15) is 19.3 Å². The lowest BCUT2D eigenvalue weighted by Crippen LogP contribution is -2.49. The highest BCUT2D eigenvalue weighted by molar-refractivity contribution is 5.87. The number of nitrogens with zero attached hydrogens (tertiary/aromatic N) is 2. The molecule has 2 aliphatic rings. The Bertz CT molecular complexity index is 2590. The number of rotatable bonds is 23. The van der Waals surface area contributed by atoms with E-state index < -0.39 is 48.4 Å². The summed E-state index contributed by atoms with van der Waals surface area (Å²) in [5.74, 6) is -2.39. The number of alkyl carbamates (subject to hydrolysis) is 1. The summed E-state index contributed by atoms with van der Waals surface area (Å²) in [6.45, 7) is 13.0. The number of esters is 2. The molecule has 1 heterocycles. The van der Waals surface area contributed by atoms with Crippen molar-refractivity contribution in [2.75, 3.05) is 64.2 Å². The van der Waals surface area contributed by atoms with Gasteiger partial charge in [-0.05, 0) is 82.5 Å². The average Bonchev–Trinajstić information content (AvgIpc) is 3.98. The maximum absolute atomic E-state index is 14.6. The van der Waals surface area contributed by atoms with Gasteiger partial charge in [-0.1, -0.05) is 131 Å². The molecular weight excluding hydrogens is 917 g/mol. The van der Waals surface area contributed by atoms with Gasteiger partial charge in [0, 0.05) is 37.2 Å². The first-order chi connectivity index (χ1) is 34.8. The fraction of sp³-hybridized carbons (Fsp3) is 0.421. The standard InChI is InChI=1S/C57H68N4O11/c1-7-69-52(63)33-40-23-25-42(26-24-40)60-29-27-43(34-60)61(39(6)44-22-14-16-41-15-8-9-17-45(41)44)57(66)72-55(38(4)5)71-54(64)53(37(2)3)59-51(62)36-68-32-31-67-30-28-58-56(65)70-35-50-48-20-12-10-18-46(48)47-19-11-13-21-49(47)50/h8-26,37-39,43,50,53,55H,7,27-36H2,1-6H3,(H,58,65)(H,59,62)/t39-,43+,53+,55?/m1/s1. The third-order valence-corrected chi connectivity index (χ3v) is 13.1. The van der Waals surface area contributed by atoms with Gasteiger partial charge in [0.05, 0.1) is 44.9 Å². The predicted molar refractivity (Wildman–Crippen MR) is 274 cm³/mol. The van der Waals surface area contributed by atoms with Gasteiger partial charge < -0.3 is 44.0 Å². The van der Waals surface area contributed by atoms with E-state index in [1.165, 1.54) is 0 Å². The number of carbonyl (C=O) groups excluding carboxylic acids is 5. The van der Waals surface area contributed by atoms with E-state index in [0.29, 0.717) is 26.1 Å². The molecule has 1 aliphatic carbocycles.